The number of benzene rings is 2. The number of anilines is 1. The summed E-state index contributed by atoms with van der Waals surface area (Å²) in [6.07, 6.45) is 0.846. The molecule has 1 aliphatic heterocycles. The quantitative estimate of drug-likeness (QED) is 0.880. The summed E-state index contributed by atoms with van der Waals surface area (Å²) in [6, 6.07) is 13.3. The van der Waals surface area contributed by atoms with Crippen molar-refractivity contribution in [2.45, 2.75) is 26.3 Å². The molecule has 2 aromatic carbocycles. The van der Waals surface area contributed by atoms with Crippen molar-refractivity contribution in [3.8, 4) is 0 Å². The van der Waals surface area contributed by atoms with Gasteiger partial charge in [-0.2, -0.15) is 0 Å². The molecular weight excluding hydrogens is 304 g/mol. The number of rotatable bonds is 4. The number of fused-ring (bicyclic) bond motifs is 1. The largest absolute Gasteiger partial charge is 0.350 e. The Kier molecular flexibility index (Phi) is 4.16. The number of imide groups is 1. The van der Waals surface area contributed by atoms with E-state index in [0.29, 0.717) is 22.4 Å². The van der Waals surface area contributed by atoms with E-state index in [9.17, 15) is 14.4 Å². The minimum Gasteiger partial charge on any atom is -0.350 e. The van der Waals surface area contributed by atoms with Gasteiger partial charge in [0.15, 0.2) is 0 Å². The Labute approximate surface area is 140 Å². The minimum atomic E-state index is -0.340. The van der Waals surface area contributed by atoms with Crippen LogP contribution in [0, 0.1) is 0 Å². The number of carbonyl (C=O) groups is 3. The molecule has 1 N–H and O–H groups in total. The molecule has 5 nitrogen and oxygen atoms in total. The first-order chi connectivity index (χ1) is 11.5. The van der Waals surface area contributed by atoms with Gasteiger partial charge in [0, 0.05) is 11.6 Å². The highest BCUT2D eigenvalue weighted by atomic mass is 16.2. The normalized spacial score (nSPS) is 14.5. The minimum absolute atomic E-state index is 0.0911. The van der Waals surface area contributed by atoms with Crippen LogP contribution in [0.15, 0.2) is 48.5 Å². The van der Waals surface area contributed by atoms with E-state index in [1.807, 2.05) is 13.8 Å². The van der Waals surface area contributed by atoms with Gasteiger partial charge in [0.2, 0.25) is 0 Å². The average molecular weight is 322 g/mol. The Morgan fingerprint density at radius 3 is 2.04 bits per heavy atom. The van der Waals surface area contributed by atoms with Crippen molar-refractivity contribution in [3.05, 3.63) is 65.2 Å². The van der Waals surface area contributed by atoms with Gasteiger partial charge in [-0.15, -0.1) is 0 Å². The first-order valence-corrected chi connectivity index (χ1v) is 7.91. The first-order valence-electron chi connectivity index (χ1n) is 7.91. The zero-order valence-corrected chi connectivity index (χ0v) is 13.6. The van der Waals surface area contributed by atoms with Crippen LogP contribution in [0.4, 0.5) is 5.69 Å². The zero-order chi connectivity index (χ0) is 17.3. The van der Waals surface area contributed by atoms with Crippen molar-refractivity contribution in [3.63, 3.8) is 0 Å². The van der Waals surface area contributed by atoms with Crippen LogP contribution in [0.5, 0.6) is 0 Å². The number of amides is 3. The lowest BCUT2D eigenvalue weighted by atomic mass is 10.1. The highest BCUT2D eigenvalue weighted by molar-refractivity contribution is 6.34. The molecule has 2 aromatic rings. The molecule has 3 amide bonds. The van der Waals surface area contributed by atoms with Gasteiger partial charge >= 0.3 is 0 Å². The standard InChI is InChI=1S/C19H18N2O3/c1-3-12(2)20-17(22)13-8-10-14(11-9-13)21-18(23)15-6-4-5-7-16(15)19(21)24/h4-12H,3H2,1-2H3,(H,20,22)/t12-/m0/s1. The molecule has 0 bridgehead atoms. The molecule has 0 unspecified atom stereocenters. The van der Waals surface area contributed by atoms with Crippen molar-refractivity contribution in [1.29, 1.82) is 0 Å². The molecule has 0 aliphatic carbocycles. The monoisotopic (exact) mass is 322 g/mol. The third-order valence-electron chi connectivity index (χ3n) is 4.17. The Morgan fingerprint density at radius 2 is 1.54 bits per heavy atom. The molecule has 0 saturated heterocycles. The summed E-state index contributed by atoms with van der Waals surface area (Å²) in [5.74, 6) is -0.849. The Bertz CT molecular complexity index is 777. The van der Waals surface area contributed by atoms with Crippen molar-refractivity contribution in [2.75, 3.05) is 4.90 Å². The zero-order valence-electron chi connectivity index (χ0n) is 13.6. The van der Waals surface area contributed by atoms with Crippen molar-refractivity contribution < 1.29 is 14.4 Å². The van der Waals surface area contributed by atoms with Gasteiger partial charge in [-0.3, -0.25) is 14.4 Å². The topological polar surface area (TPSA) is 66.5 Å². The molecule has 1 atom stereocenters. The van der Waals surface area contributed by atoms with Gasteiger partial charge < -0.3 is 5.32 Å². The van der Waals surface area contributed by atoms with E-state index in [1.54, 1.807) is 48.5 Å². The molecule has 0 aromatic heterocycles. The molecule has 0 radical (unpaired) electrons. The van der Waals surface area contributed by atoms with Gasteiger partial charge in [0.1, 0.15) is 0 Å². The van der Waals surface area contributed by atoms with Gasteiger partial charge in [-0.05, 0) is 49.7 Å². The van der Waals surface area contributed by atoms with Crippen LogP contribution in [0.25, 0.3) is 0 Å². The van der Waals surface area contributed by atoms with Crippen LogP contribution < -0.4 is 10.2 Å². The maximum Gasteiger partial charge on any atom is 0.266 e. The second-order valence-electron chi connectivity index (χ2n) is 5.82. The Balaban J connectivity index is 1.84. The lowest BCUT2D eigenvalue weighted by molar-refractivity contribution is 0.0921. The Hall–Kier alpha value is -2.95. The van der Waals surface area contributed by atoms with Crippen LogP contribution in [-0.2, 0) is 0 Å². The van der Waals surface area contributed by atoms with Crippen LogP contribution in [0.3, 0.4) is 0 Å². The Morgan fingerprint density at radius 1 is 1.00 bits per heavy atom. The second-order valence-corrected chi connectivity index (χ2v) is 5.82. The molecule has 3 rings (SSSR count). The van der Waals surface area contributed by atoms with E-state index in [0.717, 1.165) is 11.3 Å². The summed E-state index contributed by atoms with van der Waals surface area (Å²) in [7, 11) is 0. The number of nitrogens with zero attached hydrogens (tertiary/aromatic N) is 1. The first kappa shape index (κ1) is 15.9. The van der Waals surface area contributed by atoms with Crippen LogP contribution in [0.2, 0.25) is 0 Å². The van der Waals surface area contributed by atoms with Gasteiger partial charge in [-0.25, -0.2) is 4.90 Å². The fourth-order valence-electron chi connectivity index (χ4n) is 2.59. The highest BCUT2D eigenvalue weighted by Gasteiger charge is 2.36. The lowest BCUT2D eigenvalue weighted by Crippen LogP contribution is -2.32. The highest BCUT2D eigenvalue weighted by Crippen LogP contribution is 2.28. The molecule has 24 heavy (non-hydrogen) atoms. The van der Waals surface area contributed by atoms with E-state index in [2.05, 4.69) is 5.32 Å². The molecule has 1 aliphatic rings. The smallest absolute Gasteiger partial charge is 0.266 e. The van der Waals surface area contributed by atoms with Crippen LogP contribution in [-0.4, -0.2) is 23.8 Å². The van der Waals surface area contributed by atoms with E-state index in [4.69, 9.17) is 0 Å². The summed E-state index contributed by atoms with van der Waals surface area (Å²) in [5, 5.41) is 2.88. The number of hydrogen-bond donors (Lipinski definition) is 1. The molecule has 0 saturated carbocycles. The molecule has 0 spiro atoms. The summed E-state index contributed by atoms with van der Waals surface area (Å²) in [4.78, 5) is 38.1. The number of hydrogen-bond acceptors (Lipinski definition) is 3. The molecule has 0 fully saturated rings. The van der Waals surface area contributed by atoms with Crippen LogP contribution >= 0.6 is 0 Å². The maximum absolute atomic E-state index is 12.4. The molecule has 5 heteroatoms. The molecule has 1 heterocycles. The number of nitrogens with one attached hydrogen (secondary N) is 1. The lowest BCUT2D eigenvalue weighted by Gasteiger charge is -2.15. The second kappa shape index (κ2) is 6.28. The van der Waals surface area contributed by atoms with Crippen LogP contribution in [0.1, 0.15) is 51.3 Å². The predicted octanol–water partition coefficient (Wildman–Crippen LogP) is 3.02. The third-order valence-corrected chi connectivity index (χ3v) is 4.17. The van der Waals surface area contributed by atoms with Gasteiger partial charge in [-0.1, -0.05) is 19.1 Å². The van der Waals surface area contributed by atoms with Gasteiger partial charge in [0.25, 0.3) is 17.7 Å². The summed E-state index contributed by atoms with van der Waals surface area (Å²) >= 11 is 0. The summed E-state index contributed by atoms with van der Waals surface area (Å²) in [5.41, 5.74) is 1.76. The summed E-state index contributed by atoms with van der Waals surface area (Å²) in [6.45, 7) is 3.93. The van der Waals surface area contributed by atoms with E-state index < -0.39 is 0 Å². The fourth-order valence-corrected chi connectivity index (χ4v) is 2.59. The predicted molar refractivity (Wildman–Crippen MR) is 91.2 cm³/mol. The van der Waals surface area contributed by atoms with E-state index >= 15 is 0 Å². The fraction of sp³-hybridized carbons (Fsp3) is 0.211. The molecular formula is C19H18N2O3. The van der Waals surface area contributed by atoms with Crippen molar-refractivity contribution in [2.24, 2.45) is 0 Å². The number of carbonyl (C=O) groups excluding carboxylic acids is 3. The SMILES string of the molecule is CC[C@H](C)NC(=O)c1ccc(N2C(=O)c3ccccc3C2=O)cc1. The van der Waals surface area contributed by atoms with Gasteiger partial charge in [0.05, 0.1) is 16.8 Å². The van der Waals surface area contributed by atoms with E-state index in [1.165, 1.54) is 0 Å². The average Bonchev–Trinajstić information content (AvgIpc) is 2.86. The van der Waals surface area contributed by atoms with E-state index in [-0.39, 0.29) is 23.8 Å². The van der Waals surface area contributed by atoms with Crippen molar-refractivity contribution >= 4 is 23.4 Å². The third kappa shape index (κ3) is 2.69. The molecule has 122 valence electrons. The summed E-state index contributed by atoms with van der Waals surface area (Å²) < 4.78 is 0. The maximum atomic E-state index is 12.4. The van der Waals surface area contributed by atoms with Crippen molar-refractivity contribution in [1.82, 2.24) is 5.32 Å².